The van der Waals surface area contributed by atoms with Crippen LogP contribution in [0.25, 0.3) is 0 Å². The van der Waals surface area contributed by atoms with Crippen molar-refractivity contribution in [2.75, 3.05) is 0 Å². The Kier molecular flexibility index (Phi) is 3.40. The van der Waals surface area contributed by atoms with E-state index >= 15 is 0 Å². The van der Waals surface area contributed by atoms with Crippen LogP contribution in [0.3, 0.4) is 0 Å². The van der Waals surface area contributed by atoms with Crippen LogP contribution < -0.4 is 5.32 Å². The van der Waals surface area contributed by atoms with E-state index in [1.165, 1.54) is 0 Å². The van der Waals surface area contributed by atoms with Gasteiger partial charge in [-0.05, 0) is 36.5 Å². The number of carbonyl (C=O) groups is 2. The molecule has 2 aliphatic carbocycles. The molecule has 1 aromatic heterocycles. The topological polar surface area (TPSA) is 84.2 Å². The molecule has 0 bridgehead atoms. The van der Waals surface area contributed by atoms with Crippen LogP contribution >= 0.6 is 0 Å². The maximum atomic E-state index is 12.6. The van der Waals surface area contributed by atoms with Crippen molar-refractivity contribution in [1.82, 2.24) is 15.1 Å². The predicted octanol–water partition coefficient (Wildman–Crippen LogP) is 2.34. The van der Waals surface area contributed by atoms with Crippen LogP contribution in [0.15, 0.2) is 30.3 Å². The molecular weight excluding hydrogens is 306 g/mol. The number of amides is 1. The third-order valence-corrected chi connectivity index (χ3v) is 4.97. The van der Waals surface area contributed by atoms with Crippen molar-refractivity contribution in [2.24, 2.45) is 7.05 Å². The zero-order valence-electron chi connectivity index (χ0n) is 13.4. The summed E-state index contributed by atoms with van der Waals surface area (Å²) in [5.74, 6) is -1.15. The molecule has 6 heteroatoms. The summed E-state index contributed by atoms with van der Waals surface area (Å²) in [6, 6.07) is 8.97. The zero-order chi connectivity index (χ0) is 16.8. The molecule has 1 aromatic carbocycles. The standard InChI is InChI=1S/C18H19N3O3/c1-21-16(10-6-7-10)9-15(20-21)17(22)19-14-8-13(18(23)24)11-4-2-3-5-12(11)14/h2-5,9-10,13-14H,6-8H2,1H3,(H,19,22)(H,23,24). The number of hydrogen-bond donors (Lipinski definition) is 2. The zero-order valence-corrected chi connectivity index (χ0v) is 13.4. The van der Waals surface area contributed by atoms with Crippen LogP contribution in [0.4, 0.5) is 0 Å². The number of nitrogens with one attached hydrogen (secondary N) is 1. The molecule has 2 aromatic rings. The van der Waals surface area contributed by atoms with Crippen molar-refractivity contribution >= 4 is 11.9 Å². The number of carboxylic acids is 1. The molecule has 1 saturated carbocycles. The van der Waals surface area contributed by atoms with Gasteiger partial charge in [-0.2, -0.15) is 5.10 Å². The predicted molar refractivity (Wildman–Crippen MR) is 86.8 cm³/mol. The first-order chi connectivity index (χ1) is 11.5. The summed E-state index contributed by atoms with van der Waals surface area (Å²) in [6.07, 6.45) is 2.68. The van der Waals surface area contributed by atoms with Gasteiger partial charge in [-0.3, -0.25) is 14.3 Å². The van der Waals surface area contributed by atoms with E-state index in [-0.39, 0.29) is 11.9 Å². The van der Waals surface area contributed by atoms with Crippen LogP contribution in [0.2, 0.25) is 0 Å². The maximum Gasteiger partial charge on any atom is 0.311 e. The van der Waals surface area contributed by atoms with Gasteiger partial charge in [0.2, 0.25) is 0 Å². The van der Waals surface area contributed by atoms with Gasteiger partial charge in [0.15, 0.2) is 0 Å². The number of carbonyl (C=O) groups excluding carboxylic acids is 1. The Bertz CT molecular complexity index is 823. The highest BCUT2D eigenvalue weighted by Crippen LogP contribution is 2.41. The first-order valence-electron chi connectivity index (χ1n) is 8.21. The molecule has 2 atom stereocenters. The average Bonchev–Trinajstić information content (AvgIpc) is 3.23. The van der Waals surface area contributed by atoms with E-state index in [1.54, 1.807) is 4.68 Å². The summed E-state index contributed by atoms with van der Waals surface area (Å²) in [5, 5.41) is 16.7. The highest BCUT2D eigenvalue weighted by atomic mass is 16.4. The van der Waals surface area contributed by atoms with Crippen LogP contribution in [-0.4, -0.2) is 26.8 Å². The smallest absolute Gasteiger partial charge is 0.311 e. The molecule has 2 aliphatic rings. The molecule has 24 heavy (non-hydrogen) atoms. The molecule has 0 aliphatic heterocycles. The Morgan fingerprint density at radius 1 is 1.25 bits per heavy atom. The minimum absolute atomic E-state index is 0.247. The quantitative estimate of drug-likeness (QED) is 0.903. The SMILES string of the molecule is Cn1nc(C(=O)NC2CC(C(=O)O)c3ccccc32)cc1C1CC1. The lowest BCUT2D eigenvalue weighted by Crippen LogP contribution is -2.28. The second kappa shape index (κ2) is 5.47. The molecule has 1 heterocycles. The lowest BCUT2D eigenvalue weighted by Gasteiger charge is -2.13. The fourth-order valence-electron chi connectivity index (χ4n) is 3.59. The molecule has 1 amide bonds. The first kappa shape index (κ1) is 14.9. The van der Waals surface area contributed by atoms with Gasteiger partial charge in [0.1, 0.15) is 5.69 Å². The van der Waals surface area contributed by atoms with Crippen molar-refractivity contribution in [3.63, 3.8) is 0 Å². The monoisotopic (exact) mass is 325 g/mol. The third kappa shape index (κ3) is 2.48. The van der Waals surface area contributed by atoms with Gasteiger partial charge in [-0.15, -0.1) is 0 Å². The fourth-order valence-corrected chi connectivity index (χ4v) is 3.59. The maximum absolute atomic E-state index is 12.6. The summed E-state index contributed by atoms with van der Waals surface area (Å²) in [4.78, 5) is 24.0. The Hall–Kier alpha value is -2.63. The highest BCUT2D eigenvalue weighted by molar-refractivity contribution is 5.93. The number of aryl methyl sites for hydroxylation is 1. The van der Waals surface area contributed by atoms with Gasteiger partial charge >= 0.3 is 5.97 Å². The van der Waals surface area contributed by atoms with Crippen molar-refractivity contribution in [1.29, 1.82) is 0 Å². The molecule has 2 unspecified atom stereocenters. The van der Waals surface area contributed by atoms with E-state index in [4.69, 9.17) is 0 Å². The minimum atomic E-state index is -0.854. The van der Waals surface area contributed by atoms with E-state index in [2.05, 4.69) is 10.4 Å². The largest absolute Gasteiger partial charge is 0.481 e. The number of aromatic nitrogens is 2. The van der Waals surface area contributed by atoms with E-state index in [0.29, 0.717) is 18.0 Å². The van der Waals surface area contributed by atoms with Gasteiger partial charge in [0, 0.05) is 18.7 Å². The van der Waals surface area contributed by atoms with Crippen molar-refractivity contribution in [3.8, 4) is 0 Å². The van der Waals surface area contributed by atoms with Crippen LogP contribution in [0, 0.1) is 0 Å². The van der Waals surface area contributed by atoms with E-state index in [9.17, 15) is 14.7 Å². The molecule has 124 valence electrons. The molecule has 0 saturated heterocycles. The summed E-state index contributed by atoms with van der Waals surface area (Å²) >= 11 is 0. The van der Waals surface area contributed by atoms with Crippen molar-refractivity contribution < 1.29 is 14.7 Å². The summed E-state index contributed by atoms with van der Waals surface area (Å²) in [7, 11) is 1.86. The van der Waals surface area contributed by atoms with Gasteiger partial charge in [-0.25, -0.2) is 0 Å². The lowest BCUT2D eigenvalue weighted by atomic mass is 10.0. The summed E-state index contributed by atoms with van der Waals surface area (Å²) < 4.78 is 1.77. The number of aliphatic carboxylic acids is 1. The van der Waals surface area contributed by atoms with E-state index < -0.39 is 11.9 Å². The van der Waals surface area contributed by atoms with E-state index in [1.807, 2.05) is 37.4 Å². The number of nitrogens with zero attached hydrogens (tertiary/aromatic N) is 2. The fraction of sp³-hybridized carbons (Fsp3) is 0.389. The third-order valence-electron chi connectivity index (χ3n) is 4.97. The average molecular weight is 325 g/mol. The summed E-state index contributed by atoms with van der Waals surface area (Å²) in [5.41, 5.74) is 3.16. The molecule has 6 nitrogen and oxygen atoms in total. The van der Waals surface area contributed by atoms with Crippen LogP contribution in [0.1, 0.15) is 64.4 Å². The Balaban J connectivity index is 1.56. The van der Waals surface area contributed by atoms with Gasteiger partial charge in [-0.1, -0.05) is 24.3 Å². The number of fused-ring (bicyclic) bond motifs is 1. The molecule has 4 rings (SSSR count). The van der Waals surface area contributed by atoms with E-state index in [0.717, 1.165) is 29.7 Å². The second-order valence-electron chi connectivity index (χ2n) is 6.63. The Morgan fingerprint density at radius 3 is 2.62 bits per heavy atom. The highest BCUT2D eigenvalue weighted by Gasteiger charge is 2.36. The lowest BCUT2D eigenvalue weighted by molar-refractivity contribution is -0.138. The molecule has 0 spiro atoms. The van der Waals surface area contributed by atoms with Crippen LogP contribution in [0.5, 0.6) is 0 Å². The Labute approximate surface area is 139 Å². The molecular formula is C18H19N3O3. The Morgan fingerprint density at radius 2 is 1.96 bits per heavy atom. The number of carboxylic acid groups (broad SMARTS) is 1. The van der Waals surface area contributed by atoms with Gasteiger partial charge in [0.05, 0.1) is 12.0 Å². The van der Waals surface area contributed by atoms with Gasteiger partial charge in [0.25, 0.3) is 5.91 Å². The normalized spacial score (nSPS) is 22.2. The van der Waals surface area contributed by atoms with Crippen molar-refractivity contribution in [3.05, 3.63) is 52.8 Å². The molecule has 1 fully saturated rings. The van der Waals surface area contributed by atoms with Crippen LogP contribution in [-0.2, 0) is 11.8 Å². The minimum Gasteiger partial charge on any atom is -0.481 e. The number of rotatable bonds is 4. The summed E-state index contributed by atoms with van der Waals surface area (Å²) in [6.45, 7) is 0. The van der Waals surface area contributed by atoms with Crippen molar-refractivity contribution in [2.45, 2.75) is 37.1 Å². The molecule has 2 N–H and O–H groups in total. The molecule has 0 radical (unpaired) electrons. The number of benzene rings is 1. The van der Waals surface area contributed by atoms with Gasteiger partial charge < -0.3 is 10.4 Å². The first-order valence-corrected chi connectivity index (χ1v) is 8.21. The number of hydrogen-bond acceptors (Lipinski definition) is 3. The second-order valence-corrected chi connectivity index (χ2v) is 6.63.